The molecule has 0 bridgehead atoms. The number of hydrogen-bond acceptors (Lipinski definition) is 4. The van der Waals surface area contributed by atoms with Crippen LogP contribution in [-0.2, 0) is 6.54 Å². The fraction of sp³-hybridized carbons (Fsp3) is 0.357. The second-order valence-electron chi connectivity index (χ2n) is 7.22. The molecule has 2 N–H and O–H groups in total. The van der Waals surface area contributed by atoms with Gasteiger partial charge in [0.05, 0.1) is 12.5 Å². The molecule has 0 unspecified atom stereocenters. The highest BCUT2D eigenvalue weighted by molar-refractivity contribution is 6.30. The molecule has 34 heavy (non-hydrogen) atoms. The molecule has 0 radical (unpaired) electrons. The Labute approximate surface area is 215 Å². The number of unbranched alkanes of at least 4 members (excludes halogenated alkanes) is 1. The third-order valence-corrected chi connectivity index (χ3v) is 4.88. The van der Waals surface area contributed by atoms with Crippen molar-refractivity contribution < 1.29 is 4.42 Å². The van der Waals surface area contributed by atoms with Crippen LogP contribution >= 0.6 is 23.2 Å². The van der Waals surface area contributed by atoms with Crippen molar-refractivity contribution in [2.24, 2.45) is 5.73 Å². The first-order valence-electron chi connectivity index (χ1n) is 11.6. The van der Waals surface area contributed by atoms with Crippen LogP contribution in [0.5, 0.6) is 0 Å². The van der Waals surface area contributed by atoms with Gasteiger partial charge in [-0.3, -0.25) is 0 Å². The predicted molar refractivity (Wildman–Crippen MR) is 148 cm³/mol. The van der Waals surface area contributed by atoms with E-state index in [9.17, 15) is 0 Å². The number of allylic oxidation sites excluding steroid dienone is 3. The lowest BCUT2D eigenvalue weighted by Crippen LogP contribution is -2.04. The molecule has 2 aromatic carbocycles. The molecule has 1 heterocycles. The zero-order chi connectivity index (χ0) is 25.9. The first-order chi connectivity index (χ1) is 16.4. The highest BCUT2D eigenvalue weighted by atomic mass is 35.5. The molecule has 186 valence electrons. The third-order valence-electron chi connectivity index (χ3n) is 4.38. The topological polar surface area (TPSA) is 64.9 Å². The monoisotopic (exact) mass is 503 g/mol. The number of nitrogens with two attached hydrogens (primary N) is 1. The molecule has 0 aliphatic carbocycles. The minimum atomic E-state index is -0.192. The fourth-order valence-electron chi connectivity index (χ4n) is 2.46. The highest BCUT2D eigenvalue weighted by Crippen LogP contribution is 2.32. The Kier molecular flexibility index (Phi) is 17.6. The Morgan fingerprint density at radius 1 is 0.971 bits per heavy atom. The van der Waals surface area contributed by atoms with E-state index in [1.807, 2.05) is 75.4 Å². The second kappa shape index (κ2) is 19.0. The molecule has 0 spiro atoms. The number of benzene rings is 2. The summed E-state index contributed by atoms with van der Waals surface area (Å²) in [6, 6.07) is 15.1. The maximum absolute atomic E-state index is 5.97. The SMILES string of the molecule is C=CCCC.CC.CC=C(C)C.NCc1nnc(C(c2ccc(Cl)cc2)c2ccc(Cl)cc2)o1. The van der Waals surface area contributed by atoms with Crippen molar-refractivity contribution in [2.75, 3.05) is 0 Å². The summed E-state index contributed by atoms with van der Waals surface area (Å²) >= 11 is 11.9. The van der Waals surface area contributed by atoms with Crippen LogP contribution in [0.1, 0.15) is 83.2 Å². The molecule has 3 rings (SSSR count). The largest absolute Gasteiger partial charge is 0.423 e. The first kappa shape index (κ1) is 31.6. The van der Waals surface area contributed by atoms with Gasteiger partial charge in [-0.25, -0.2) is 0 Å². The van der Waals surface area contributed by atoms with Crippen LogP contribution in [0.3, 0.4) is 0 Å². The molecule has 0 saturated heterocycles. The Morgan fingerprint density at radius 2 is 1.41 bits per heavy atom. The van der Waals surface area contributed by atoms with E-state index < -0.39 is 0 Å². The Morgan fingerprint density at radius 3 is 1.68 bits per heavy atom. The minimum Gasteiger partial charge on any atom is -0.423 e. The van der Waals surface area contributed by atoms with Crippen LogP contribution < -0.4 is 5.73 Å². The van der Waals surface area contributed by atoms with E-state index in [1.54, 1.807) is 0 Å². The predicted octanol–water partition coefficient (Wildman–Crippen LogP) is 8.99. The molecule has 6 heteroatoms. The van der Waals surface area contributed by atoms with Crippen molar-refractivity contribution in [3.8, 4) is 0 Å². The number of aromatic nitrogens is 2. The van der Waals surface area contributed by atoms with Crippen LogP contribution in [0, 0.1) is 0 Å². The summed E-state index contributed by atoms with van der Waals surface area (Å²) in [6.07, 6.45) is 6.39. The molecule has 3 aromatic rings. The molecule has 0 fully saturated rings. The maximum Gasteiger partial charge on any atom is 0.230 e. The van der Waals surface area contributed by atoms with Crippen molar-refractivity contribution in [3.63, 3.8) is 0 Å². The van der Waals surface area contributed by atoms with Crippen molar-refractivity contribution in [1.29, 1.82) is 0 Å². The van der Waals surface area contributed by atoms with E-state index >= 15 is 0 Å². The average Bonchev–Trinajstić information content (AvgIpc) is 3.33. The summed E-state index contributed by atoms with van der Waals surface area (Å²) in [5.74, 6) is 0.704. The molecule has 0 aliphatic heterocycles. The van der Waals surface area contributed by atoms with Crippen molar-refractivity contribution in [2.45, 2.75) is 66.8 Å². The van der Waals surface area contributed by atoms with Crippen LogP contribution in [-0.4, -0.2) is 10.2 Å². The van der Waals surface area contributed by atoms with Gasteiger partial charge in [-0.1, -0.05) is 92.4 Å². The Balaban J connectivity index is 0.000000761. The van der Waals surface area contributed by atoms with Gasteiger partial charge in [0, 0.05) is 10.0 Å². The van der Waals surface area contributed by atoms with Crippen LogP contribution in [0.25, 0.3) is 0 Å². The Bertz CT molecular complexity index is 899. The van der Waals surface area contributed by atoms with Gasteiger partial charge in [-0.05, 0) is 62.6 Å². The van der Waals surface area contributed by atoms with E-state index in [2.05, 4.69) is 43.6 Å². The second-order valence-corrected chi connectivity index (χ2v) is 8.09. The quantitative estimate of drug-likeness (QED) is 0.340. The lowest BCUT2D eigenvalue weighted by Gasteiger charge is -2.14. The van der Waals surface area contributed by atoms with Gasteiger partial charge in [0.25, 0.3) is 0 Å². The molecular weight excluding hydrogens is 465 g/mol. The first-order valence-corrected chi connectivity index (χ1v) is 12.3. The summed E-state index contributed by atoms with van der Waals surface area (Å²) in [6.45, 7) is 16.1. The highest BCUT2D eigenvalue weighted by Gasteiger charge is 2.22. The van der Waals surface area contributed by atoms with Gasteiger partial charge in [0.15, 0.2) is 0 Å². The molecule has 4 nitrogen and oxygen atoms in total. The van der Waals surface area contributed by atoms with E-state index in [0.29, 0.717) is 21.8 Å². The smallest absolute Gasteiger partial charge is 0.230 e. The number of nitrogens with zero attached hydrogens (tertiary/aromatic N) is 2. The van der Waals surface area contributed by atoms with Crippen LogP contribution in [0.4, 0.5) is 0 Å². The van der Waals surface area contributed by atoms with Gasteiger partial charge in [-0.2, -0.15) is 0 Å². The van der Waals surface area contributed by atoms with E-state index in [4.69, 9.17) is 33.4 Å². The maximum atomic E-state index is 5.97. The molecule has 0 aliphatic rings. The molecule has 0 amide bonds. The van der Waals surface area contributed by atoms with Gasteiger partial charge in [0.2, 0.25) is 11.8 Å². The van der Waals surface area contributed by atoms with Crippen LogP contribution in [0.15, 0.2) is 77.3 Å². The third kappa shape index (κ3) is 12.2. The van der Waals surface area contributed by atoms with Crippen molar-refractivity contribution >= 4 is 23.2 Å². The molecule has 0 atom stereocenters. The number of halogens is 2. The molecular formula is C28H39Cl2N3O. The van der Waals surface area contributed by atoms with Crippen molar-refractivity contribution in [1.82, 2.24) is 10.2 Å². The van der Waals surface area contributed by atoms with E-state index in [0.717, 1.165) is 17.5 Å². The lowest BCUT2D eigenvalue weighted by molar-refractivity contribution is 0.446. The van der Waals surface area contributed by atoms with Gasteiger partial charge < -0.3 is 10.2 Å². The summed E-state index contributed by atoms with van der Waals surface area (Å²) < 4.78 is 5.65. The summed E-state index contributed by atoms with van der Waals surface area (Å²) in [7, 11) is 0. The summed E-state index contributed by atoms with van der Waals surface area (Å²) in [4.78, 5) is 0. The van der Waals surface area contributed by atoms with E-state index in [-0.39, 0.29) is 12.5 Å². The molecule has 0 saturated carbocycles. The zero-order valence-electron chi connectivity index (χ0n) is 21.3. The minimum absolute atomic E-state index is 0.192. The van der Waals surface area contributed by atoms with Crippen LogP contribution in [0.2, 0.25) is 10.0 Å². The van der Waals surface area contributed by atoms with E-state index in [1.165, 1.54) is 12.0 Å². The van der Waals surface area contributed by atoms with Gasteiger partial charge in [-0.15, -0.1) is 16.8 Å². The summed E-state index contributed by atoms with van der Waals surface area (Å²) in [5.41, 5.74) is 8.93. The van der Waals surface area contributed by atoms with Crippen molar-refractivity contribution in [3.05, 3.63) is 106 Å². The Hall–Kier alpha value is -2.40. The van der Waals surface area contributed by atoms with Gasteiger partial charge >= 0.3 is 0 Å². The number of hydrogen-bond donors (Lipinski definition) is 1. The normalized spacial score (nSPS) is 9.47. The molecule has 1 aromatic heterocycles. The standard InChI is InChI=1S/C16H13Cl2N3O.2C5H10.C2H6/c17-12-5-1-10(2-6-12)15(11-3-7-13(18)8-4-11)16-21-20-14(9-19)22-16;1-4-5(2)3;1-3-5-4-2;1-2/h1-8,15H,9,19H2;4H,1-3H3;3H,1,4-5H2,2H3;1-2H3. The average molecular weight is 505 g/mol. The summed E-state index contributed by atoms with van der Waals surface area (Å²) in [5, 5.41) is 9.42. The lowest BCUT2D eigenvalue weighted by atomic mass is 9.91. The number of rotatable bonds is 6. The van der Waals surface area contributed by atoms with Gasteiger partial charge in [0.1, 0.15) is 0 Å². The fourth-order valence-corrected chi connectivity index (χ4v) is 2.71. The zero-order valence-corrected chi connectivity index (χ0v) is 22.8.